The third-order valence-corrected chi connectivity index (χ3v) is 8.76. The number of hydrogen-bond acceptors (Lipinski definition) is 6. The first kappa shape index (κ1) is 21.4. The highest BCUT2D eigenvalue weighted by atomic mass is 16.6. The third kappa shape index (κ3) is 2.93. The lowest BCUT2D eigenvalue weighted by Crippen LogP contribution is -2.66. The summed E-state index contributed by atoms with van der Waals surface area (Å²) in [4.78, 5) is 36.7. The van der Waals surface area contributed by atoms with Crippen LogP contribution < -0.4 is 0 Å². The molecule has 6 atom stereocenters. The van der Waals surface area contributed by atoms with Crippen molar-refractivity contribution >= 4 is 17.9 Å². The maximum Gasteiger partial charge on any atom is 0.334 e. The first-order chi connectivity index (χ1) is 13.9. The fourth-order valence-corrected chi connectivity index (χ4v) is 7.80. The number of carbonyl (C=O) groups is 3. The van der Waals surface area contributed by atoms with Crippen molar-refractivity contribution < 1.29 is 28.6 Å². The highest BCUT2D eigenvalue weighted by molar-refractivity contribution is 5.92. The molecule has 2 saturated carbocycles. The van der Waals surface area contributed by atoms with E-state index in [1.807, 2.05) is 0 Å². The van der Waals surface area contributed by atoms with Crippen molar-refractivity contribution in [1.29, 1.82) is 0 Å². The average molecular weight is 419 g/mol. The molecule has 0 bridgehead atoms. The third-order valence-electron chi connectivity index (χ3n) is 8.76. The maximum absolute atomic E-state index is 12.5. The van der Waals surface area contributed by atoms with Gasteiger partial charge in [-0.3, -0.25) is 9.59 Å². The minimum atomic E-state index is -0.607. The second-order valence-electron chi connectivity index (χ2n) is 10.9. The number of esters is 3. The van der Waals surface area contributed by atoms with Gasteiger partial charge in [0.1, 0.15) is 18.8 Å². The van der Waals surface area contributed by atoms with Gasteiger partial charge in [0.15, 0.2) is 0 Å². The molecule has 0 aromatic rings. The fraction of sp³-hybridized carbons (Fsp3) is 0.792. The standard InChI is InChI=1S/C24H34O6/c1-13(25)29-17-10-15-16(12-28-21(15)27)24(6)19(30-14(2)26)11-18-22(3,4)8-7-9-23(18,5)20(17)24/h17-20H,7-12H2,1-6H3. The van der Waals surface area contributed by atoms with E-state index in [1.54, 1.807) is 0 Å². The van der Waals surface area contributed by atoms with Crippen molar-refractivity contribution in [1.82, 2.24) is 0 Å². The lowest BCUT2D eigenvalue weighted by molar-refractivity contribution is -0.221. The molecule has 6 nitrogen and oxygen atoms in total. The summed E-state index contributed by atoms with van der Waals surface area (Å²) in [6, 6.07) is 0. The molecule has 3 aliphatic carbocycles. The summed E-state index contributed by atoms with van der Waals surface area (Å²) < 4.78 is 17.3. The van der Waals surface area contributed by atoms with Crippen molar-refractivity contribution in [3.8, 4) is 0 Å². The quantitative estimate of drug-likeness (QED) is 0.499. The molecule has 30 heavy (non-hydrogen) atoms. The van der Waals surface area contributed by atoms with Crippen molar-refractivity contribution in [2.24, 2.45) is 28.1 Å². The monoisotopic (exact) mass is 418 g/mol. The summed E-state index contributed by atoms with van der Waals surface area (Å²) in [5.74, 6) is -0.731. The van der Waals surface area contributed by atoms with E-state index in [0.717, 1.165) is 31.3 Å². The molecular weight excluding hydrogens is 384 g/mol. The predicted molar refractivity (Wildman–Crippen MR) is 109 cm³/mol. The van der Waals surface area contributed by atoms with Crippen LogP contribution in [0.15, 0.2) is 11.1 Å². The Hall–Kier alpha value is -1.85. The SMILES string of the molecule is CC(=O)OC1CC2=C(COC2=O)C2(C)C(OC(C)=O)CC3C(C)(C)CCCC3(C)C12. The molecule has 1 heterocycles. The number of cyclic esters (lactones) is 1. The van der Waals surface area contributed by atoms with Crippen molar-refractivity contribution in [2.45, 2.75) is 85.9 Å². The van der Waals surface area contributed by atoms with Crippen LogP contribution in [0.2, 0.25) is 0 Å². The van der Waals surface area contributed by atoms with Crippen LogP contribution in [-0.4, -0.2) is 36.7 Å². The van der Waals surface area contributed by atoms with Crippen LogP contribution in [0.4, 0.5) is 0 Å². The molecule has 0 amide bonds. The van der Waals surface area contributed by atoms with Gasteiger partial charge in [-0.2, -0.15) is 0 Å². The minimum absolute atomic E-state index is 0.0511. The Bertz CT molecular complexity index is 826. The van der Waals surface area contributed by atoms with E-state index in [4.69, 9.17) is 14.2 Å². The molecule has 0 saturated heterocycles. The van der Waals surface area contributed by atoms with Crippen molar-refractivity contribution in [2.75, 3.05) is 6.61 Å². The normalized spacial score (nSPS) is 41.9. The molecule has 1 aliphatic heterocycles. The molecule has 0 aromatic carbocycles. The van der Waals surface area contributed by atoms with Crippen LogP contribution in [0, 0.1) is 28.1 Å². The van der Waals surface area contributed by atoms with Crippen LogP contribution in [0.25, 0.3) is 0 Å². The van der Waals surface area contributed by atoms with E-state index in [0.29, 0.717) is 17.9 Å². The fourth-order valence-electron chi connectivity index (χ4n) is 7.80. The van der Waals surface area contributed by atoms with Crippen LogP contribution in [0.5, 0.6) is 0 Å². The average Bonchev–Trinajstić information content (AvgIpc) is 2.97. The zero-order chi connectivity index (χ0) is 22.1. The Labute approximate surface area is 178 Å². The Balaban J connectivity index is 1.93. The summed E-state index contributed by atoms with van der Waals surface area (Å²) in [7, 11) is 0. The van der Waals surface area contributed by atoms with E-state index in [9.17, 15) is 14.4 Å². The second kappa shape index (κ2) is 6.83. The van der Waals surface area contributed by atoms with E-state index >= 15 is 0 Å². The van der Waals surface area contributed by atoms with Gasteiger partial charge in [-0.1, -0.05) is 34.1 Å². The zero-order valence-electron chi connectivity index (χ0n) is 19.0. The first-order valence-corrected chi connectivity index (χ1v) is 11.2. The van der Waals surface area contributed by atoms with Gasteiger partial charge in [-0.15, -0.1) is 0 Å². The molecule has 6 unspecified atom stereocenters. The van der Waals surface area contributed by atoms with E-state index in [1.165, 1.54) is 13.8 Å². The van der Waals surface area contributed by atoms with Gasteiger partial charge in [-0.05, 0) is 41.6 Å². The van der Waals surface area contributed by atoms with Crippen LogP contribution in [0.3, 0.4) is 0 Å². The van der Waals surface area contributed by atoms with Crippen molar-refractivity contribution in [3.63, 3.8) is 0 Å². The van der Waals surface area contributed by atoms with Gasteiger partial charge in [0.05, 0.1) is 0 Å². The molecule has 2 fully saturated rings. The highest BCUT2D eigenvalue weighted by Crippen LogP contribution is 2.69. The Morgan fingerprint density at radius 2 is 1.70 bits per heavy atom. The molecule has 6 heteroatoms. The summed E-state index contributed by atoms with van der Waals surface area (Å²) in [6.45, 7) is 12.1. The zero-order valence-corrected chi connectivity index (χ0v) is 19.0. The summed E-state index contributed by atoms with van der Waals surface area (Å²) in [5.41, 5.74) is 0.927. The molecule has 0 N–H and O–H groups in total. The van der Waals surface area contributed by atoms with Crippen LogP contribution in [-0.2, 0) is 28.6 Å². The predicted octanol–water partition coefficient (Wildman–Crippen LogP) is 3.97. The molecule has 0 radical (unpaired) electrons. The Morgan fingerprint density at radius 3 is 2.33 bits per heavy atom. The lowest BCUT2D eigenvalue weighted by Gasteiger charge is -2.66. The van der Waals surface area contributed by atoms with E-state index in [2.05, 4.69) is 27.7 Å². The largest absolute Gasteiger partial charge is 0.462 e. The Kier molecular flexibility index (Phi) is 4.87. The molecule has 4 rings (SSSR count). The topological polar surface area (TPSA) is 78.9 Å². The first-order valence-electron chi connectivity index (χ1n) is 11.2. The van der Waals surface area contributed by atoms with Crippen molar-refractivity contribution in [3.05, 3.63) is 11.1 Å². The number of ether oxygens (including phenoxy) is 3. The maximum atomic E-state index is 12.5. The summed E-state index contributed by atoms with van der Waals surface area (Å²) in [6.07, 6.45) is 3.57. The van der Waals surface area contributed by atoms with Gasteiger partial charge in [0.25, 0.3) is 0 Å². The van der Waals surface area contributed by atoms with Crippen LogP contribution >= 0.6 is 0 Å². The van der Waals surface area contributed by atoms with Gasteiger partial charge in [0.2, 0.25) is 0 Å². The molecular formula is C24H34O6. The summed E-state index contributed by atoms with van der Waals surface area (Å²) >= 11 is 0. The van der Waals surface area contributed by atoms with Gasteiger partial charge >= 0.3 is 17.9 Å². The van der Waals surface area contributed by atoms with E-state index in [-0.39, 0.29) is 47.4 Å². The number of carbonyl (C=O) groups excluding carboxylic acids is 3. The summed E-state index contributed by atoms with van der Waals surface area (Å²) in [5, 5.41) is 0. The molecule has 4 aliphatic rings. The number of fused-ring (bicyclic) bond motifs is 4. The highest BCUT2D eigenvalue weighted by Gasteiger charge is 2.68. The van der Waals surface area contributed by atoms with Gasteiger partial charge < -0.3 is 14.2 Å². The minimum Gasteiger partial charge on any atom is -0.462 e. The van der Waals surface area contributed by atoms with Gasteiger partial charge in [0, 0.05) is 37.2 Å². The smallest absolute Gasteiger partial charge is 0.334 e. The lowest BCUT2D eigenvalue weighted by atomic mass is 9.39. The second-order valence-corrected chi connectivity index (χ2v) is 10.9. The molecule has 0 aromatic heterocycles. The van der Waals surface area contributed by atoms with Gasteiger partial charge in [-0.25, -0.2) is 4.79 Å². The number of hydrogen-bond donors (Lipinski definition) is 0. The number of rotatable bonds is 2. The molecule has 166 valence electrons. The van der Waals surface area contributed by atoms with Crippen LogP contribution in [0.1, 0.15) is 73.6 Å². The van der Waals surface area contributed by atoms with E-state index < -0.39 is 11.5 Å². The Morgan fingerprint density at radius 1 is 1.03 bits per heavy atom. The molecule has 0 spiro atoms.